The van der Waals surface area contributed by atoms with Gasteiger partial charge in [0.1, 0.15) is 5.78 Å². The number of rotatable bonds is 4. The fraction of sp³-hybridized carbons (Fsp3) is 0.900. The zero-order chi connectivity index (χ0) is 10.7. The van der Waals surface area contributed by atoms with Crippen LogP contribution in [-0.2, 0) is 4.79 Å². The molecule has 0 bridgehead atoms. The molecule has 1 rings (SSSR count). The van der Waals surface area contributed by atoms with Gasteiger partial charge in [-0.2, -0.15) is 0 Å². The maximum atomic E-state index is 11.1. The third-order valence-corrected chi connectivity index (χ3v) is 3.24. The predicted octanol–water partition coefficient (Wildman–Crippen LogP) is -0.437. The van der Waals surface area contributed by atoms with Crippen molar-refractivity contribution in [2.75, 3.05) is 13.2 Å². The van der Waals surface area contributed by atoms with Crippen molar-refractivity contribution >= 4 is 5.78 Å². The quantitative estimate of drug-likeness (QED) is 0.567. The van der Waals surface area contributed by atoms with Crippen molar-refractivity contribution in [3.05, 3.63) is 0 Å². The molecule has 1 radical (unpaired) electrons. The fourth-order valence-corrected chi connectivity index (χ4v) is 2.31. The monoisotopic (exact) mass is 429 g/mol. The summed E-state index contributed by atoms with van der Waals surface area (Å²) in [4.78, 5) is 11.1. The minimum atomic E-state index is -0.809. The summed E-state index contributed by atoms with van der Waals surface area (Å²) in [5.41, 5.74) is 0. The Morgan fingerprint density at radius 2 is 2.00 bits per heavy atom. The number of aliphatic hydroxyl groups excluding tert-OH is 3. The van der Waals surface area contributed by atoms with Gasteiger partial charge in [-0.05, 0) is 31.6 Å². The van der Waals surface area contributed by atoms with Crippen LogP contribution in [0.25, 0.3) is 0 Å². The van der Waals surface area contributed by atoms with Crippen molar-refractivity contribution in [1.82, 2.24) is 0 Å². The van der Waals surface area contributed by atoms with E-state index in [2.05, 4.69) is 0 Å². The smallest absolute Gasteiger partial charge is 0.132 e. The van der Waals surface area contributed by atoms with Crippen LogP contribution in [0.2, 0.25) is 0 Å². The molecule has 3 N–H and O–H groups in total. The molecule has 0 saturated heterocycles. The molecule has 0 aliphatic heterocycles. The molecule has 1 unspecified atom stereocenters. The summed E-state index contributed by atoms with van der Waals surface area (Å²) in [5.74, 6) is -0.139. The first kappa shape index (κ1) is 16.0. The average Bonchev–Trinajstić information content (AvgIpc) is 2.60. The van der Waals surface area contributed by atoms with Crippen molar-refractivity contribution in [3.63, 3.8) is 0 Å². The summed E-state index contributed by atoms with van der Waals surface area (Å²) in [6, 6.07) is 0. The maximum Gasteiger partial charge on any atom is 0.132 e. The molecule has 15 heavy (non-hydrogen) atoms. The van der Waals surface area contributed by atoms with Gasteiger partial charge in [-0.1, -0.05) is 0 Å². The number of hydrogen-bond donors (Lipinski definition) is 3. The Kier molecular flexibility index (Phi) is 7.83. The third-order valence-electron chi connectivity index (χ3n) is 3.24. The van der Waals surface area contributed by atoms with Crippen LogP contribution in [0.5, 0.6) is 0 Å². The zero-order valence-electron chi connectivity index (χ0n) is 8.97. The minimum Gasteiger partial charge on any atom is -0.396 e. The first-order valence-electron chi connectivity index (χ1n) is 5.00. The van der Waals surface area contributed by atoms with Crippen molar-refractivity contribution in [3.8, 4) is 0 Å². The molecule has 0 spiro atoms. The molecular formula is C10H18AcO4. The molecule has 0 aromatic carbocycles. The Labute approximate surface area is 126 Å². The van der Waals surface area contributed by atoms with Crippen LogP contribution in [0.4, 0.5) is 0 Å². The number of ketones is 1. The van der Waals surface area contributed by atoms with Gasteiger partial charge in [-0.15, -0.1) is 0 Å². The second-order valence-electron chi connectivity index (χ2n) is 4.14. The molecule has 1 fully saturated rings. The molecule has 85 valence electrons. The van der Waals surface area contributed by atoms with Crippen molar-refractivity contribution in [2.45, 2.75) is 25.9 Å². The molecular weight excluding hydrogens is 411 g/mol. The Hall–Kier alpha value is 0.992. The van der Waals surface area contributed by atoms with E-state index in [0.29, 0.717) is 12.8 Å². The van der Waals surface area contributed by atoms with E-state index < -0.39 is 6.10 Å². The van der Waals surface area contributed by atoms with E-state index in [1.54, 1.807) is 0 Å². The van der Waals surface area contributed by atoms with Crippen LogP contribution in [0, 0.1) is 61.8 Å². The van der Waals surface area contributed by atoms with Crippen molar-refractivity contribution in [1.29, 1.82) is 0 Å². The average molecular weight is 429 g/mol. The van der Waals surface area contributed by atoms with Crippen LogP contribution in [0.15, 0.2) is 0 Å². The molecule has 0 amide bonds. The second kappa shape index (κ2) is 7.34. The number of Topliss-reactive ketones (excluding diaryl/α,β-unsaturated/α-hetero) is 1. The molecule has 1 aliphatic rings. The molecule has 0 aromatic heterocycles. The van der Waals surface area contributed by atoms with Crippen LogP contribution >= 0.6 is 0 Å². The Morgan fingerprint density at radius 1 is 1.40 bits per heavy atom. The molecule has 0 aromatic rings. The van der Waals surface area contributed by atoms with Gasteiger partial charge in [-0.3, -0.25) is 4.79 Å². The van der Waals surface area contributed by atoms with Gasteiger partial charge >= 0.3 is 0 Å². The largest absolute Gasteiger partial charge is 0.396 e. The Balaban J connectivity index is 0.00000196. The summed E-state index contributed by atoms with van der Waals surface area (Å²) in [5, 5.41) is 27.4. The summed E-state index contributed by atoms with van der Waals surface area (Å²) in [7, 11) is 0. The van der Waals surface area contributed by atoms with E-state index in [-0.39, 0.29) is 80.8 Å². The van der Waals surface area contributed by atoms with E-state index in [9.17, 15) is 9.90 Å². The van der Waals surface area contributed by atoms with E-state index >= 15 is 0 Å². The van der Waals surface area contributed by atoms with Crippen molar-refractivity contribution in [2.24, 2.45) is 17.8 Å². The summed E-state index contributed by atoms with van der Waals surface area (Å²) < 4.78 is 0. The van der Waals surface area contributed by atoms with Gasteiger partial charge in [0.2, 0.25) is 0 Å². The molecule has 5 heteroatoms. The number of carbonyl (C=O) groups is 1. The number of hydrogen-bond acceptors (Lipinski definition) is 4. The maximum absolute atomic E-state index is 11.1. The van der Waals surface area contributed by atoms with Gasteiger partial charge in [0.15, 0.2) is 0 Å². The van der Waals surface area contributed by atoms with Crippen molar-refractivity contribution < 1.29 is 64.2 Å². The molecule has 1 saturated carbocycles. The van der Waals surface area contributed by atoms with Gasteiger partial charge in [0.25, 0.3) is 0 Å². The standard InChI is InChI=1S/C10H18O4.Ac/c1-6(13)7-2-8(4-11)9(3-7)10(14)5-12;/h7-12,14H,2-5H2,1H3;/t7-,8-,9+,10?;/m0./s1. The molecule has 0 heterocycles. The SMILES string of the molecule is CC(=O)[C@H]1C[C@@H](CO)[C@H](C(O)CO)C1.[Ac]. The van der Waals surface area contributed by atoms with Gasteiger partial charge in [0.05, 0.1) is 12.7 Å². The van der Waals surface area contributed by atoms with Gasteiger partial charge < -0.3 is 15.3 Å². The van der Waals surface area contributed by atoms with E-state index in [1.165, 1.54) is 6.92 Å². The minimum absolute atomic E-state index is 0. The van der Waals surface area contributed by atoms with E-state index in [0.717, 1.165) is 0 Å². The van der Waals surface area contributed by atoms with E-state index in [4.69, 9.17) is 10.2 Å². The van der Waals surface area contributed by atoms with Gasteiger partial charge in [0, 0.05) is 56.6 Å². The summed E-state index contributed by atoms with van der Waals surface area (Å²) >= 11 is 0. The van der Waals surface area contributed by atoms with Crippen LogP contribution in [0.1, 0.15) is 19.8 Å². The second-order valence-corrected chi connectivity index (χ2v) is 4.14. The van der Waals surface area contributed by atoms with Gasteiger partial charge in [-0.25, -0.2) is 0 Å². The Bertz CT molecular complexity index is 210. The summed E-state index contributed by atoms with van der Waals surface area (Å²) in [6.45, 7) is 1.21. The summed E-state index contributed by atoms with van der Waals surface area (Å²) in [6.07, 6.45) is 0.409. The number of aliphatic hydroxyl groups is 3. The zero-order valence-corrected chi connectivity index (χ0v) is 13.7. The predicted molar refractivity (Wildman–Crippen MR) is 50.6 cm³/mol. The fourth-order valence-electron chi connectivity index (χ4n) is 2.31. The molecule has 4 nitrogen and oxygen atoms in total. The molecule has 4 atom stereocenters. The topological polar surface area (TPSA) is 77.8 Å². The van der Waals surface area contributed by atoms with E-state index in [1.807, 2.05) is 0 Å². The first-order valence-corrected chi connectivity index (χ1v) is 5.00. The first-order chi connectivity index (χ1) is 6.60. The molecule has 1 aliphatic carbocycles. The number of carbonyl (C=O) groups excluding carboxylic acids is 1. The normalized spacial score (nSPS) is 32.1. The Morgan fingerprint density at radius 3 is 2.40 bits per heavy atom. The third kappa shape index (κ3) is 4.05. The van der Waals surface area contributed by atoms with Crippen LogP contribution in [0.3, 0.4) is 0 Å². The van der Waals surface area contributed by atoms with Crippen LogP contribution in [-0.4, -0.2) is 40.4 Å². The van der Waals surface area contributed by atoms with Crippen LogP contribution < -0.4 is 0 Å².